The van der Waals surface area contributed by atoms with Crippen LogP contribution in [0.3, 0.4) is 0 Å². The van der Waals surface area contributed by atoms with E-state index >= 15 is 0 Å². The quantitative estimate of drug-likeness (QED) is 0.721. The summed E-state index contributed by atoms with van der Waals surface area (Å²) in [6.45, 7) is 3.69. The fourth-order valence-corrected chi connectivity index (χ4v) is 2.45. The predicted molar refractivity (Wildman–Crippen MR) is 99.0 cm³/mol. The van der Waals surface area contributed by atoms with Crippen molar-refractivity contribution in [1.29, 1.82) is 0 Å². The van der Waals surface area contributed by atoms with Crippen LogP contribution in [0.25, 0.3) is 11.3 Å². The minimum absolute atomic E-state index is 0.246. The van der Waals surface area contributed by atoms with Crippen LogP contribution in [0.1, 0.15) is 30.7 Å². The molecule has 3 rings (SSSR count). The van der Waals surface area contributed by atoms with Gasteiger partial charge in [-0.3, -0.25) is 4.79 Å². The molecule has 0 unspecified atom stereocenters. The SMILES string of the molecule is CCC(=O)[C@H](O)c1cccc(-c2ccc(Oc3ccc(C)cn3)cc2)n1. The van der Waals surface area contributed by atoms with E-state index in [1.54, 1.807) is 25.3 Å². The van der Waals surface area contributed by atoms with Crippen molar-refractivity contribution in [2.45, 2.75) is 26.4 Å². The molecule has 1 atom stereocenters. The normalized spacial score (nSPS) is 11.8. The Hall–Kier alpha value is -3.05. The minimum atomic E-state index is -1.19. The van der Waals surface area contributed by atoms with E-state index in [-0.39, 0.29) is 12.2 Å². The monoisotopic (exact) mass is 348 g/mol. The lowest BCUT2D eigenvalue weighted by molar-refractivity contribution is -0.127. The van der Waals surface area contributed by atoms with E-state index in [0.29, 0.717) is 23.0 Å². The minimum Gasteiger partial charge on any atom is -0.439 e. The number of carbonyl (C=O) groups excluding carboxylic acids is 1. The molecule has 0 spiro atoms. The fourth-order valence-electron chi connectivity index (χ4n) is 2.45. The second kappa shape index (κ2) is 7.89. The maximum absolute atomic E-state index is 11.7. The lowest BCUT2D eigenvalue weighted by Crippen LogP contribution is -2.12. The van der Waals surface area contributed by atoms with Crippen LogP contribution >= 0.6 is 0 Å². The Morgan fingerprint density at radius 2 is 1.88 bits per heavy atom. The molecule has 0 radical (unpaired) electrons. The number of nitrogens with zero attached hydrogens (tertiary/aromatic N) is 2. The smallest absolute Gasteiger partial charge is 0.219 e. The molecule has 26 heavy (non-hydrogen) atoms. The Labute approximate surface area is 152 Å². The number of aliphatic hydroxyl groups is 1. The van der Waals surface area contributed by atoms with Crippen molar-refractivity contribution < 1.29 is 14.6 Å². The van der Waals surface area contributed by atoms with Crippen molar-refractivity contribution >= 4 is 5.78 Å². The zero-order chi connectivity index (χ0) is 18.5. The van der Waals surface area contributed by atoms with Crippen molar-refractivity contribution in [3.8, 4) is 22.9 Å². The molecule has 0 fully saturated rings. The van der Waals surface area contributed by atoms with Gasteiger partial charge in [-0.1, -0.05) is 19.1 Å². The first-order valence-corrected chi connectivity index (χ1v) is 8.45. The van der Waals surface area contributed by atoms with Gasteiger partial charge >= 0.3 is 0 Å². The van der Waals surface area contributed by atoms with Gasteiger partial charge in [0.05, 0.1) is 11.4 Å². The molecule has 0 saturated carbocycles. The number of aromatic nitrogens is 2. The molecular weight excluding hydrogens is 328 g/mol. The van der Waals surface area contributed by atoms with Gasteiger partial charge in [-0.25, -0.2) is 9.97 Å². The van der Waals surface area contributed by atoms with Gasteiger partial charge in [-0.05, 0) is 48.9 Å². The van der Waals surface area contributed by atoms with Crippen molar-refractivity contribution in [1.82, 2.24) is 9.97 Å². The number of benzene rings is 1. The highest BCUT2D eigenvalue weighted by Crippen LogP contribution is 2.25. The van der Waals surface area contributed by atoms with Gasteiger partial charge in [0, 0.05) is 24.2 Å². The van der Waals surface area contributed by atoms with E-state index in [1.165, 1.54) is 0 Å². The largest absolute Gasteiger partial charge is 0.439 e. The Bertz CT molecular complexity index is 890. The van der Waals surface area contributed by atoms with Gasteiger partial charge in [0.1, 0.15) is 5.75 Å². The lowest BCUT2D eigenvalue weighted by atomic mass is 10.1. The molecule has 0 aliphatic heterocycles. The Morgan fingerprint density at radius 1 is 1.12 bits per heavy atom. The number of aliphatic hydroxyl groups excluding tert-OH is 1. The first-order chi connectivity index (χ1) is 12.6. The van der Waals surface area contributed by atoms with Crippen LogP contribution < -0.4 is 4.74 Å². The third-order valence-electron chi connectivity index (χ3n) is 3.96. The first kappa shape index (κ1) is 17.8. The standard InChI is InChI=1S/C21H20N2O3/c1-3-19(24)21(25)18-6-4-5-17(23-18)15-8-10-16(11-9-15)26-20-12-7-14(2)13-22-20/h4-13,21,25H,3H2,1-2H3/t21-/m1/s1. The summed E-state index contributed by atoms with van der Waals surface area (Å²) in [7, 11) is 0. The van der Waals surface area contributed by atoms with E-state index < -0.39 is 6.10 Å². The molecule has 2 heterocycles. The Morgan fingerprint density at radius 3 is 2.54 bits per heavy atom. The van der Waals surface area contributed by atoms with Crippen LogP contribution in [-0.2, 0) is 4.79 Å². The van der Waals surface area contributed by atoms with E-state index in [2.05, 4.69) is 9.97 Å². The van der Waals surface area contributed by atoms with Crippen molar-refractivity contribution in [2.75, 3.05) is 0 Å². The van der Waals surface area contributed by atoms with Crippen LogP contribution in [-0.4, -0.2) is 20.9 Å². The molecular formula is C21H20N2O3. The second-order valence-corrected chi connectivity index (χ2v) is 5.97. The van der Waals surface area contributed by atoms with Crippen LogP contribution in [0, 0.1) is 6.92 Å². The van der Waals surface area contributed by atoms with Crippen LogP contribution in [0.15, 0.2) is 60.8 Å². The average Bonchev–Trinajstić information content (AvgIpc) is 2.69. The average molecular weight is 348 g/mol. The summed E-state index contributed by atoms with van der Waals surface area (Å²) in [5.41, 5.74) is 2.98. The molecule has 132 valence electrons. The highest BCUT2D eigenvalue weighted by atomic mass is 16.5. The summed E-state index contributed by atoms with van der Waals surface area (Å²) in [5.74, 6) is 0.955. The maximum Gasteiger partial charge on any atom is 0.219 e. The highest BCUT2D eigenvalue weighted by molar-refractivity contribution is 5.83. The predicted octanol–water partition coefficient (Wildman–Crippen LogP) is 4.26. The third-order valence-corrected chi connectivity index (χ3v) is 3.96. The molecule has 5 nitrogen and oxygen atoms in total. The van der Waals surface area contributed by atoms with E-state index in [1.807, 2.05) is 49.4 Å². The maximum atomic E-state index is 11.7. The summed E-state index contributed by atoms with van der Waals surface area (Å²) >= 11 is 0. The number of hydrogen-bond donors (Lipinski definition) is 1. The molecule has 1 aromatic carbocycles. The highest BCUT2D eigenvalue weighted by Gasteiger charge is 2.17. The number of rotatable bonds is 6. The molecule has 0 aliphatic rings. The molecule has 0 aliphatic carbocycles. The third kappa shape index (κ3) is 4.13. The molecule has 0 saturated heterocycles. The van der Waals surface area contributed by atoms with E-state index in [9.17, 15) is 9.90 Å². The summed E-state index contributed by atoms with van der Waals surface area (Å²) in [6, 6.07) is 16.5. The van der Waals surface area contributed by atoms with Crippen molar-refractivity contribution in [3.05, 3.63) is 72.1 Å². The molecule has 1 N–H and O–H groups in total. The molecule has 3 aromatic rings. The number of carbonyl (C=O) groups is 1. The van der Waals surface area contributed by atoms with Gasteiger partial charge in [0.2, 0.25) is 5.88 Å². The van der Waals surface area contributed by atoms with Crippen LogP contribution in [0.5, 0.6) is 11.6 Å². The van der Waals surface area contributed by atoms with Gasteiger partial charge in [-0.15, -0.1) is 0 Å². The Balaban J connectivity index is 1.78. The molecule has 2 aromatic heterocycles. The van der Waals surface area contributed by atoms with Crippen molar-refractivity contribution in [2.24, 2.45) is 0 Å². The topological polar surface area (TPSA) is 72.3 Å². The van der Waals surface area contributed by atoms with Gasteiger partial charge in [0.25, 0.3) is 0 Å². The fraction of sp³-hybridized carbons (Fsp3) is 0.190. The van der Waals surface area contributed by atoms with Crippen LogP contribution in [0.2, 0.25) is 0 Å². The lowest BCUT2D eigenvalue weighted by Gasteiger charge is -2.10. The second-order valence-electron chi connectivity index (χ2n) is 5.97. The van der Waals surface area contributed by atoms with Crippen molar-refractivity contribution in [3.63, 3.8) is 0 Å². The van der Waals surface area contributed by atoms with Crippen LogP contribution in [0.4, 0.5) is 0 Å². The number of Topliss-reactive ketones (excluding diaryl/α,β-unsaturated/α-hetero) is 1. The van der Waals surface area contributed by atoms with Gasteiger partial charge in [-0.2, -0.15) is 0 Å². The zero-order valence-corrected chi connectivity index (χ0v) is 14.7. The van der Waals surface area contributed by atoms with E-state index in [0.717, 1.165) is 11.1 Å². The van der Waals surface area contributed by atoms with E-state index in [4.69, 9.17) is 4.74 Å². The summed E-state index contributed by atoms with van der Waals surface area (Å²) in [6.07, 6.45) is 0.837. The number of aryl methyl sites for hydroxylation is 1. The number of hydrogen-bond acceptors (Lipinski definition) is 5. The Kier molecular flexibility index (Phi) is 5.39. The summed E-state index contributed by atoms with van der Waals surface area (Å²) < 4.78 is 5.72. The van der Waals surface area contributed by atoms with Gasteiger partial charge in [0.15, 0.2) is 11.9 Å². The summed E-state index contributed by atoms with van der Waals surface area (Å²) in [5, 5.41) is 10.0. The molecule has 5 heteroatoms. The number of pyridine rings is 2. The molecule has 0 amide bonds. The molecule has 0 bridgehead atoms. The zero-order valence-electron chi connectivity index (χ0n) is 14.7. The number of ketones is 1. The number of ether oxygens (including phenoxy) is 1. The van der Waals surface area contributed by atoms with Gasteiger partial charge < -0.3 is 9.84 Å². The first-order valence-electron chi connectivity index (χ1n) is 8.45. The summed E-state index contributed by atoms with van der Waals surface area (Å²) in [4.78, 5) is 20.3.